The first-order valence-corrected chi connectivity index (χ1v) is 10.4. The molecule has 138 valence electrons. The molecule has 26 heavy (non-hydrogen) atoms. The van der Waals surface area contributed by atoms with Crippen molar-refractivity contribution in [2.45, 2.75) is 43.5 Å². The Morgan fingerprint density at radius 1 is 1.12 bits per heavy atom. The molecule has 0 saturated heterocycles. The van der Waals surface area contributed by atoms with Crippen molar-refractivity contribution in [3.63, 3.8) is 0 Å². The third kappa shape index (κ3) is 4.44. The normalized spacial score (nSPS) is 15.2. The third-order valence-corrected chi connectivity index (χ3v) is 6.29. The van der Waals surface area contributed by atoms with Crippen LogP contribution in [0.15, 0.2) is 47.4 Å². The van der Waals surface area contributed by atoms with Crippen LogP contribution in [0.2, 0.25) is 5.02 Å². The van der Waals surface area contributed by atoms with Crippen molar-refractivity contribution in [2.24, 2.45) is 0 Å². The van der Waals surface area contributed by atoms with Crippen molar-refractivity contribution in [3.05, 3.63) is 58.6 Å². The first-order valence-electron chi connectivity index (χ1n) is 8.55. The Hall–Kier alpha value is -1.89. The van der Waals surface area contributed by atoms with Gasteiger partial charge in [0.05, 0.1) is 15.6 Å². The highest BCUT2D eigenvalue weighted by molar-refractivity contribution is 7.89. The van der Waals surface area contributed by atoms with Gasteiger partial charge in [0.2, 0.25) is 10.0 Å². The van der Waals surface area contributed by atoms with Crippen LogP contribution in [0, 0.1) is 6.92 Å². The van der Waals surface area contributed by atoms with Gasteiger partial charge in [-0.05, 0) is 55.7 Å². The average molecular weight is 393 g/mol. The average Bonchev–Trinajstić information content (AvgIpc) is 3.09. The molecular formula is C19H21ClN2O3S. The lowest BCUT2D eigenvalue weighted by Crippen LogP contribution is -2.32. The molecule has 0 atom stereocenters. The quantitative estimate of drug-likeness (QED) is 0.803. The smallest absolute Gasteiger partial charge is 0.255 e. The number of aryl methyl sites for hydroxylation is 1. The molecule has 0 aliphatic heterocycles. The SMILES string of the molecule is Cc1ccc(NC(=O)c2cccc(S(=O)(=O)NC3CCCC3)c2)c(Cl)c1. The minimum absolute atomic E-state index is 0.0242. The summed E-state index contributed by atoms with van der Waals surface area (Å²) in [5.41, 5.74) is 1.73. The number of halogens is 1. The van der Waals surface area contributed by atoms with Crippen LogP contribution >= 0.6 is 11.6 Å². The van der Waals surface area contributed by atoms with Gasteiger partial charge >= 0.3 is 0 Å². The molecule has 1 fully saturated rings. The van der Waals surface area contributed by atoms with Crippen LogP contribution in [-0.4, -0.2) is 20.4 Å². The maximum absolute atomic E-state index is 12.5. The summed E-state index contributed by atoms with van der Waals surface area (Å²) < 4.78 is 27.8. The minimum Gasteiger partial charge on any atom is -0.321 e. The van der Waals surface area contributed by atoms with E-state index in [1.54, 1.807) is 24.3 Å². The molecule has 2 N–H and O–H groups in total. The summed E-state index contributed by atoms with van der Waals surface area (Å²) in [6.07, 6.45) is 3.77. The van der Waals surface area contributed by atoms with Crippen molar-refractivity contribution >= 4 is 33.2 Å². The number of amides is 1. The molecule has 7 heteroatoms. The summed E-state index contributed by atoms with van der Waals surface area (Å²) in [6.45, 7) is 1.91. The lowest BCUT2D eigenvalue weighted by molar-refractivity contribution is 0.102. The molecule has 2 aromatic carbocycles. The first kappa shape index (κ1) is 18.9. The van der Waals surface area contributed by atoms with Gasteiger partial charge in [0.25, 0.3) is 5.91 Å². The van der Waals surface area contributed by atoms with Gasteiger partial charge in [-0.2, -0.15) is 0 Å². The summed E-state index contributed by atoms with van der Waals surface area (Å²) in [6, 6.07) is 11.3. The van der Waals surface area contributed by atoms with Gasteiger partial charge in [0.15, 0.2) is 0 Å². The Bertz CT molecular complexity index is 922. The van der Waals surface area contributed by atoms with Gasteiger partial charge in [-0.3, -0.25) is 4.79 Å². The summed E-state index contributed by atoms with van der Waals surface area (Å²) in [5.74, 6) is -0.409. The molecule has 1 aliphatic carbocycles. The summed E-state index contributed by atoms with van der Waals surface area (Å²) in [7, 11) is -3.64. The van der Waals surface area contributed by atoms with Crippen LogP contribution in [0.4, 0.5) is 5.69 Å². The molecule has 1 aliphatic rings. The number of hydrogen-bond acceptors (Lipinski definition) is 3. The van der Waals surface area contributed by atoms with Crippen molar-refractivity contribution < 1.29 is 13.2 Å². The van der Waals surface area contributed by atoms with Gasteiger partial charge in [-0.25, -0.2) is 13.1 Å². The fourth-order valence-corrected chi connectivity index (χ4v) is 4.68. The van der Waals surface area contributed by atoms with E-state index in [2.05, 4.69) is 10.0 Å². The molecule has 0 radical (unpaired) electrons. The fourth-order valence-electron chi connectivity index (χ4n) is 3.05. The van der Waals surface area contributed by atoms with Crippen LogP contribution in [0.3, 0.4) is 0 Å². The summed E-state index contributed by atoms with van der Waals surface area (Å²) in [5, 5.41) is 3.15. The Balaban J connectivity index is 1.78. The van der Waals surface area contributed by atoms with E-state index in [0.29, 0.717) is 10.7 Å². The lowest BCUT2D eigenvalue weighted by Gasteiger charge is -2.13. The Morgan fingerprint density at radius 2 is 1.85 bits per heavy atom. The van der Waals surface area contributed by atoms with Gasteiger partial charge in [0.1, 0.15) is 0 Å². The van der Waals surface area contributed by atoms with E-state index in [0.717, 1.165) is 31.2 Å². The van der Waals surface area contributed by atoms with Gasteiger partial charge in [-0.1, -0.05) is 36.6 Å². The molecular weight excluding hydrogens is 372 g/mol. The standard InChI is InChI=1S/C19H21ClN2O3S/c1-13-9-10-18(17(20)11-13)21-19(23)14-5-4-8-16(12-14)26(24,25)22-15-6-2-3-7-15/h4-5,8-12,15,22H,2-3,6-7H2,1H3,(H,21,23). The van der Waals surface area contributed by atoms with Gasteiger partial charge in [0, 0.05) is 11.6 Å². The van der Waals surface area contributed by atoms with E-state index in [9.17, 15) is 13.2 Å². The number of carbonyl (C=O) groups excluding carboxylic acids is 1. The second-order valence-electron chi connectivity index (χ2n) is 6.57. The highest BCUT2D eigenvalue weighted by Crippen LogP contribution is 2.24. The Kier molecular flexibility index (Phi) is 5.65. The van der Waals surface area contributed by atoms with Crippen molar-refractivity contribution in [1.29, 1.82) is 0 Å². The zero-order chi connectivity index (χ0) is 18.7. The molecule has 0 aromatic heterocycles. The summed E-state index contributed by atoms with van der Waals surface area (Å²) >= 11 is 6.14. The van der Waals surface area contributed by atoms with E-state index in [1.165, 1.54) is 12.1 Å². The molecule has 1 amide bonds. The minimum atomic E-state index is -3.64. The third-order valence-electron chi connectivity index (χ3n) is 4.46. The molecule has 0 unspecified atom stereocenters. The van der Waals surface area contributed by atoms with Crippen LogP contribution in [0.1, 0.15) is 41.6 Å². The van der Waals surface area contributed by atoms with Crippen LogP contribution in [0.5, 0.6) is 0 Å². The summed E-state index contributed by atoms with van der Waals surface area (Å²) in [4.78, 5) is 12.6. The van der Waals surface area contributed by atoms with Crippen molar-refractivity contribution in [2.75, 3.05) is 5.32 Å². The number of nitrogens with one attached hydrogen (secondary N) is 2. The lowest BCUT2D eigenvalue weighted by atomic mass is 10.2. The predicted molar refractivity (Wildman–Crippen MR) is 103 cm³/mol. The number of carbonyl (C=O) groups is 1. The maximum Gasteiger partial charge on any atom is 0.255 e. The van der Waals surface area contributed by atoms with Crippen LogP contribution < -0.4 is 10.0 Å². The second kappa shape index (κ2) is 7.78. The van der Waals surface area contributed by atoms with E-state index in [-0.39, 0.29) is 16.5 Å². The fraction of sp³-hybridized carbons (Fsp3) is 0.316. The molecule has 0 heterocycles. The molecule has 1 saturated carbocycles. The zero-order valence-electron chi connectivity index (χ0n) is 14.5. The predicted octanol–water partition coefficient (Wildman–Crippen LogP) is 4.12. The molecule has 3 rings (SSSR count). The zero-order valence-corrected chi connectivity index (χ0v) is 16.0. The highest BCUT2D eigenvalue weighted by Gasteiger charge is 2.23. The van der Waals surface area contributed by atoms with E-state index in [1.807, 2.05) is 13.0 Å². The van der Waals surface area contributed by atoms with E-state index in [4.69, 9.17) is 11.6 Å². The van der Waals surface area contributed by atoms with Crippen molar-refractivity contribution in [3.8, 4) is 0 Å². The molecule has 5 nitrogen and oxygen atoms in total. The largest absolute Gasteiger partial charge is 0.321 e. The van der Waals surface area contributed by atoms with Crippen molar-refractivity contribution in [1.82, 2.24) is 4.72 Å². The monoisotopic (exact) mass is 392 g/mol. The van der Waals surface area contributed by atoms with E-state index < -0.39 is 15.9 Å². The van der Waals surface area contributed by atoms with E-state index >= 15 is 0 Å². The number of sulfonamides is 1. The first-order chi connectivity index (χ1) is 12.3. The molecule has 0 spiro atoms. The molecule has 2 aromatic rings. The van der Waals surface area contributed by atoms with Gasteiger partial charge < -0.3 is 5.32 Å². The van der Waals surface area contributed by atoms with Crippen LogP contribution in [0.25, 0.3) is 0 Å². The number of hydrogen-bond donors (Lipinski definition) is 2. The van der Waals surface area contributed by atoms with Crippen LogP contribution in [-0.2, 0) is 10.0 Å². The van der Waals surface area contributed by atoms with Gasteiger partial charge in [-0.15, -0.1) is 0 Å². The maximum atomic E-state index is 12.5. The topological polar surface area (TPSA) is 75.3 Å². The second-order valence-corrected chi connectivity index (χ2v) is 8.69. The number of rotatable bonds is 5. The Morgan fingerprint density at radius 3 is 2.54 bits per heavy atom. The number of anilines is 1. The Labute approximate surface area is 158 Å². The highest BCUT2D eigenvalue weighted by atomic mass is 35.5. The molecule has 0 bridgehead atoms. The number of benzene rings is 2.